The number of carboxylic acid groups (broad SMARTS) is 1. The lowest BCUT2D eigenvalue weighted by Crippen LogP contribution is -2.34. The van der Waals surface area contributed by atoms with Gasteiger partial charge in [0.05, 0.1) is 0 Å². The second-order valence-corrected chi connectivity index (χ2v) is 5.94. The number of carbonyl (C=O) groups is 1. The fourth-order valence-electron chi connectivity index (χ4n) is 2.40. The molecule has 0 aromatic carbocycles. The molecule has 2 aliphatic rings. The Morgan fingerprint density at radius 2 is 2.11 bits per heavy atom. The number of halogens is 3. The van der Waals surface area contributed by atoms with Crippen molar-refractivity contribution in [1.82, 2.24) is 0 Å². The molecule has 2 bridgehead atoms. The van der Waals surface area contributed by atoms with E-state index in [2.05, 4.69) is 4.18 Å². The van der Waals surface area contributed by atoms with Crippen molar-refractivity contribution in [1.29, 1.82) is 0 Å². The van der Waals surface area contributed by atoms with E-state index in [1.807, 2.05) is 0 Å². The van der Waals surface area contributed by atoms with Crippen LogP contribution >= 0.6 is 0 Å². The molecular weight excluding hydrogens is 277 g/mol. The molecule has 9 heteroatoms. The summed E-state index contributed by atoms with van der Waals surface area (Å²) in [7, 11) is -5.81. The highest BCUT2D eigenvalue weighted by molar-refractivity contribution is 7.87. The van der Waals surface area contributed by atoms with E-state index >= 15 is 0 Å². The molecule has 0 radical (unpaired) electrons. The van der Waals surface area contributed by atoms with Gasteiger partial charge in [-0.2, -0.15) is 21.6 Å². The van der Waals surface area contributed by atoms with Crippen LogP contribution in [0.25, 0.3) is 0 Å². The van der Waals surface area contributed by atoms with Crippen molar-refractivity contribution in [2.75, 3.05) is 0 Å². The van der Waals surface area contributed by atoms with Gasteiger partial charge in [0.25, 0.3) is 0 Å². The van der Waals surface area contributed by atoms with Crippen molar-refractivity contribution in [3.05, 3.63) is 11.8 Å². The SMILES string of the molecule is O=C(O)C12CCC(C=C1OS(=O)(=O)C(F)(F)F)C2. The molecule has 2 atom stereocenters. The van der Waals surface area contributed by atoms with Gasteiger partial charge in [0.1, 0.15) is 11.2 Å². The first-order chi connectivity index (χ1) is 8.08. The average Bonchev–Trinajstić information content (AvgIpc) is 2.73. The summed E-state index contributed by atoms with van der Waals surface area (Å²) in [6, 6.07) is 0. The summed E-state index contributed by atoms with van der Waals surface area (Å²) >= 11 is 0. The molecule has 2 rings (SSSR count). The summed E-state index contributed by atoms with van der Waals surface area (Å²) < 4.78 is 62.2. The van der Waals surface area contributed by atoms with Crippen molar-refractivity contribution in [3.8, 4) is 0 Å². The second kappa shape index (κ2) is 3.62. The first-order valence-electron chi connectivity index (χ1n) is 5.05. The van der Waals surface area contributed by atoms with E-state index in [9.17, 15) is 26.4 Å². The van der Waals surface area contributed by atoms with Gasteiger partial charge in [0.15, 0.2) is 0 Å². The Kier molecular flexibility index (Phi) is 2.66. The van der Waals surface area contributed by atoms with Crippen LogP contribution in [0.2, 0.25) is 0 Å². The highest BCUT2D eigenvalue weighted by atomic mass is 32.2. The van der Waals surface area contributed by atoms with Gasteiger partial charge in [-0.1, -0.05) is 0 Å². The van der Waals surface area contributed by atoms with Gasteiger partial charge in [-0.3, -0.25) is 4.79 Å². The number of fused-ring (bicyclic) bond motifs is 2. The van der Waals surface area contributed by atoms with Crippen LogP contribution in [0, 0.1) is 11.3 Å². The largest absolute Gasteiger partial charge is 0.534 e. The molecule has 0 aromatic heterocycles. The Labute approximate surface area is 100 Å². The van der Waals surface area contributed by atoms with Crippen LogP contribution in [-0.2, 0) is 19.1 Å². The van der Waals surface area contributed by atoms with Crippen LogP contribution in [0.5, 0.6) is 0 Å². The first-order valence-corrected chi connectivity index (χ1v) is 6.46. The molecule has 0 heterocycles. The summed E-state index contributed by atoms with van der Waals surface area (Å²) in [6.07, 6.45) is 1.85. The zero-order chi connectivity index (χ0) is 13.8. The first kappa shape index (κ1) is 13.2. The Balaban J connectivity index is 2.32. The number of hydrogen-bond donors (Lipinski definition) is 1. The number of rotatable bonds is 3. The molecule has 18 heavy (non-hydrogen) atoms. The quantitative estimate of drug-likeness (QED) is 0.630. The van der Waals surface area contributed by atoms with Crippen LogP contribution in [0.15, 0.2) is 11.8 Å². The molecule has 0 amide bonds. The van der Waals surface area contributed by atoms with Crippen LogP contribution < -0.4 is 0 Å². The molecule has 0 aromatic rings. The molecule has 0 saturated heterocycles. The van der Waals surface area contributed by atoms with Crippen molar-refractivity contribution in [2.24, 2.45) is 11.3 Å². The maximum atomic E-state index is 12.2. The van der Waals surface area contributed by atoms with E-state index in [1.54, 1.807) is 0 Å². The van der Waals surface area contributed by atoms with E-state index in [0.717, 1.165) is 0 Å². The molecule has 2 aliphatic carbocycles. The summed E-state index contributed by atoms with van der Waals surface area (Å²) in [5, 5.41) is 9.06. The highest BCUT2D eigenvalue weighted by Crippen LogP contribution is 2.55. The third-order valence-corrected chi connectivity index (χ3v) is 4.27. The predicted octanol–water partition coefficient (Wildman–Crippen LogP) is 1.62. The fourth-order valence-corrected chi connectivity index (χ4v) is 2.94. The fraction of sp³-hybridized carbons (Fsp3) is 0.667. The maximum absolute atomic E-state index is 12.2. The number of alkyl halides is 3. The Bertz CT molecular complexity index is 521. The lowest BCUT2D eigenvalue weighted by Gasteiger charge is -2.24. The van der Waals surface area contributed by atoms with E-state index in [4.69, 9.17) is 5.11 Å². The summed E-state index contributed by atoms with van der Waals surface area (Å²) in [6.45, 7) is 0. The van der Waals surface area contributed by atoms with Crippen LogP contribution in [0.3, 0.4) is 0 Å². The normalized spacial score (nSPS) is 31.3. The van der Waals surface area contributed by atoms with E-state index in [1.165, 1.54) is 6.08 Å². The monoisotopic (exact) mass is 286 g/mol. The van der Waals surface area contributed by atoms with Crippen molar-refractivity contribution < 1.29 is 35.7 Å². The van der Waals surface area contributed by atoms with Gasteiger partial charge in [-0.15, -0.1) is 0 Å². The molecular formula is C9H9F3O5S. The van der Waals surface area contributed by atoms with Crippen molar-refractivity contribution in [2.45, 2.75) is 24.8 Å². The zero-order valence-corrected chi connectivity index (χ0v) is 9.71. The third kappa shape index (κ3) is 1.76. The molecule has 102 valence electrons. The van der Waals surface area contributed by atoms with Gasteiger partial charge in [-0.25, -0.2) is 0 Å². The van der Waals surface area contributed by atoms with Gasteiger partial charge >= 0.3 is 21.6 Å². The predicted molar refractivity (Wildman–Crippen MR) is 51.6 cm³/mol. The third-order valence-electron chi connectivity index (χ3n) is 3.30. The van der Waals surface area contributed by atoms with Gasteiger partial charge in [0.2, 0.25) is 0 Å². The number of aliphatic carboxylic acids is 1. The number of carboxylic acids is 1. The minimum Gasteiger partial charge on any atom is -0.480 e. The second-order valence-electron chi connectivity index (χ2n) is 4.40. The zero-order valence-electron chi connectivity index (χ0n) is 8.90. The van der Waals surface area contributed by atoms with Gasteiger partial charge < -0.3 is 9.29 Å². The van der Waals surface area contributed by atoms with Crippen LogP contribution in [0.1, 0.15) is 19.3 Å². The molecule has 2 unspecified atom stereocenters. The number of allylic oxidation sites excluding steroid dienone is 1. The highest BCUT2D eigenvalue weighted by Gasteiger charge is 2.58. The Morgan fingerprint density at radius 3 is 2.56 bits per heavy atom. The topological polar surface area (TPSA) is 80.7 Å². The van der Waals surface area contributed by atoms with E-state index < -0.39 is 32.8 Å². The smallest absolute Gasteiger partial charge is 0.480 e. The van der Waals surface area contributed by atoms with Gasteiger partial charge in [-0.05, 0) is 31.3 Å². The maximum Gasteiger partial charge on any atom is 0.534 e. The molecule has 1 fully saturated rings. The molecule has 0 aliphatic heterocycles. The van der Waals surface area contributed by atoms with E-state index in [0.29, 0.717) is 6.42 Å². The summed E-state index contributed by atoms with van der Waals surface area (Å²) in [5.41, 5.74) is -7.18. The van der Waals surface area contributed by atoms with Crippen LogP contribution in [0.4, 0.5) is 13.2 Å². The lowest BCUT2D eigenvalue weighted by molar-refractivity contribution is -0.147. The summed E-state index contributed by atoms with van der Waals surface area (Å²) in [5.74, 6) is -2.20. The average molecular weight is 286 g/mol. The molecule has 1 saturated carbocycles. The Morgan fingerprint density at radius 1 is 1.50 bits per heavy atom. The van der Waals surface area contributed by atoms with Crippen LogP contribution in [-0.4, -0.2) is 25.0 Å². The van der Waals surface area contributed by atoms with Crippen molar-refractivity contribution >= 4 is 16.1 Å². The molecule has 1 N–H and O–H groups in total. The molecule has 0 spiro atoms. The van der Waals surface area contributed by atoms with E-state index in [-0.39, 0.29) is 18.8 Å². The number of hydrogen-bond acceptors (Lipinski definition) is 4. The van der Waals surface area contributed by atoms with Crippen molar-refractivity contribution in [3.63, 3.8) is 0 Å². The minimum atomic E-state index is -5.81. The standard InChI is InChI=1S/C9H9F3O5S/c10-9(11,12)18(15,16)17-6-3-5-1-2-8(6,4-5)7(13)14/h3,5H,1-2,4H2,(H,13,14). The lowest BCUT2D eigenvalue weighted by atomic mass is 9.86. The Hall–Kier alpha value is -1.25. The summed E-state index contributed by atoms with van der Waals surface area (Å²) in [4.78, 5) is 11.1. The van der Waals surface area contributed by atoms with Gasteiger partial charge in [0, 0.05) is 0 Å². The molecule has 5 nitrogen and oxygen atoms in total. The minimum absolute atomic E-state index is 0.0883.